The van der Waals surface area contributed by atoms with Crippen LogP contribution in [0.4, 0.5) is 0 Å². The van der Waals surface area contributed by atoms with E-state index in [0.29, 0.717) is 18.7 Å². The summed E-state index contributed by atoms with van der Waals surface area (Å²) >= 11 is 0. The van der Waals surface area contributed by atoms with E-state index in [9.17, 15) is 9.59 Å². The molecular formula is C31H35N3O5. The molecule has 39 heavy (non-hydrogen) atoms. The number of benzene rings is 2. The van der Waals surface area contributed by atoms with Crippen molar-refractivity contribution < 1.29 is 23.8 Å². The zero-order valence-corrected chi connectivity index (χ0v) is 21.9. The minimum absolute atomic E-state index is 0.0544. The van der Waals surface area contributed by atoms with Crippen molar-refractivity contribution in [2.45, 2.75) is 50.6 Å². The highest BCUT2D eigenvalue weighted by Gasteiger charge is 2.28. The fourth-order valence-corrected chi connectivity index (χ4v) is 4.84. The van der Waals surface area contributed by atoms with Gasteiger partial charge in [0.1, 0.15) is 11.8 Å². The van der Waals surface area contributed by atoms with Gasteiger partial charge in [-0.3, -0.25) is 4.79 Å². The number of hydrogen-bond donors (Lipinski definition) is 4. The molecule has 0 spiro atoms. The van der Waals surface area contributed by atoms with Gasteiger partial charge in [-0.2, -0.15) is 0 Å². The topological polar surface area (TPSA) is 123 Å². The van der Waals surface area contributed by atoms with E-state index in [1.165, 1.54) is 11.1 Å². The van der Waals surface area contributed by atoms with Gasteiger partial charge in [0, 0.05) is 42.4 Å². The third-order valence-electron chi connectivity index (χ3n) is 7.19. The van der Waals surface area contributed by atoms with Crippen molar-refractivity contribution in [3.05, 3.63) is 95.0 Å². The molecule has 8 heteroatoms. The van der Waals surface area contributed by atoms with Crippen LogP contribution in [0.2, 0.25) is 0 Å². The van der Waals surface area contributed by atoms with Gasteiger partial charge in [0.05, 0.1) is 12.5 Å². The second-order valence-electron chi connectivity index (χ2n) is 10.1. The van der Waals surface area contributed by atoms with Crippen molar-refractivity contribution in [1.82, 2.24) is 16.0 Å². The molecule has 1 aromatic heterocycles. The van der Waals surface area contributed by atoms with Crippen molar-refractivity contribution >= 4 is 17.6 Å². The normalized spacial score (nSPS) is 16.6. The molecule has 0 radical (unpaired) electrons. The first-order valence-electron chi connectivity index (χ1n) is 13.6. The highest BCUT2D eigenvalue weighted by atomic mass is 16.5. The Morgan fingerprint density at radius 2 is 1.92 bits per heavy atom. The van der Waals surface area contributed by atoms with Crippen LogP contribution < -0.4 is 20.7 Å². The van der Waals surface area contributed by atoms with Crippen molar-refractivity contribution in [2.75, 3.05) is 19.7 Å². The largest absolute Gasteiger partial charge is 0.482 e. The van der Waals surface area contributed by atoms with Crippen LogP contribution in [0.3, 0.4) is 0 Å². The molecule has 1 saturated carbocycles. The molecule has 2 heterocycles. The number of carboxylic acid groups (broad SMARTS) is 1. The lowest BCUT2D eigenvalue weighted by atomic mass is 9.88. The smallest absolute Gasteiger partial charge is 0.341 e. The van der Waals surface area contributed by atoms with E-state index in [4.69, 9.17) is 14.3 Å². The van der Waals surface area contributed by atoms with E-state index in [-0.39, 0.29) is 11.9 Å². The summed E-state index contributed by atoms with van der Waals surface area (Å²) in [6, 6.07) is 17.6. The quantitative estimate of drug-likeness (QED) is 0.182. The summed E-state index contributed by atoms with van der Waals surface area (Å²) in [6.07, 6.45) is 8.75. The zero-order chi connectivity index (χ0) is 27.0. The summed E-state index contributed by atoms with van der Waals surface area (Å²) in [4.78, 5) is 24.6. The van der Waals surface area contributed by atoms with Crippen molar-refractivity contribution in [1.29, 1.82) is 0 Å². The number of furan rings is 1. The molecule has 1 amide bonds. The minimum Gasteiger partial charge on any atom is -0.482 e. The summed E-state index contributed by atoms with van der Waals surface area (Å²) in [7, 11) is 0. The first kappa shape index (κ1) is 26.6. The molecule has 2 fully saturated rings. The van der Waals surface area contributed by atoms with Crippen LogP contribution in [0.1, 0.15) is 54.0 Å². The van der Waals surface area contributed by atoms with Crippen LogP contribution in [0.25, 0.3) is 5.70 Å². The number of carbonyl (C=O) groups excluding carboxylic acids is 1. The molecule has 3 aromatic rings. The number of carbonyl (C=O) groups is 2. The Bertz CT molecular complexity index is 1290. The number of aliphatic carboxylic acids is 1. The zero-order valence-electron chi connectivity index (χ0n) is 21.9. The Morgan fingerprint density at radius 3 is 2.59 bits per heavy atom. The lowest BCUT2D eigenvalue weighted by Gasteiger charge is -2.27. The van der Waals surface area contributed by atoms with Gasteiger partial charge in [-0.05, 0) is 60.9 Å². The standard InChI is InChI=1S/C31H35N3O5/c35-29(36)20-39-28-12-11-22(16-25(28)27-18-33-27)17-26(31(37)32-14-5-8-21-6-2-1-3-7-21)34-30(23-9-4-10-23)24-13-15-38-19-24/h1-3,6-7,11-13,15-16,19,26-27,33-34H,4-5,8-10,14,17-18,20H2,(H,32,37)(H,35,36). The molecule has 2 atom stereocenters. The van der Waals surface area contributed by atoms with Gasteiger partial charge in [0.15, 0.2) is 6.61 Å². The molecule has 5 rings (SSSR count). The lowest BCUT2D eigenvalue weighted by molar-refractivity contribution is -0.139. The summed E-state index contributed by atoms with van der Waals surface area (Å²) in [5.74, 6) is -0.513. The van der Waals surface area contributed by atoms with Gasteiger partial charge in [-0.15, -0.1) is 0 Å². The maximum atomic E-state index is 13.5. The monoisotopic (exact) mass is 529 g/mol. The Kier molecular flexibility index (Phi) is 8.63. The Morgan fingerprint density at radius 1 is 1.10 bits per heavy atom. The Labute approximate surface area is 228 Å². The highest BCUT2D eigenvalue weighted by molar-refractivity contribution is 5.84. The Hall–Kier alpha value is -4.04. The minimum atomic E-state index is -1.02. The lowest BCUT2D eigenvalue weighted by Crippen LogP contribution is -2.45. The highest BCUT2D eigenvalue weighted by Crippen LogP contribution is 2.34. The Balaban J connectivity index is 1.32. The average Bonchev–Trinajstić information content (AvgIpc) is 3.62. The van der Waals surface area contributed by atoms with Gasteiger partial charge in [0.25, 0.3) is 0 Å². The summed E-state index contributed by atoms with van der Waals surface area (Å²) < 4.78 is 10.9. The second kappa shape index (κ2) is 12.7. The molecule has 1 aliphatic carbocycles. The third-order valence-corrected chi connectivity index (χ3v) is 7.19. The van der Waals surface area contributed by atoms with Crippen LogP contribution in [0, 0.1) is 0 Å². The van der Waals surface area contributed by atoms with E-state index >= 15 is 0 Å². The van der Waals surface area contributed by atoms with Crippen LogP contribution in [0.15, 0.2) is 77.1 Å². The van der Waals surface area contributed by atoms with E-state index in [0.717, 1.165) is 61.0 Å². The molecule has 2 aromatic carbocycles. The number of aryl methyl sites for hydroxylation is 1. The van der Waals surface area contributed by atoms with E-state index in [1.807, 2.05) is 42.5 Å². The first-order chi connectivity index (χ1) is 19.1. The summed E-state index contributed by atoms with van der Waals surface area (Å²) in [5.41, 5.74) is 6.38. The number of hydrogen-bond acceptors (Lipinski definition) is 6. The number of allylic oxidation sites excluding steroid dienone is 1. The predicted molar refractivity (Wildman–Crippen MR) is 148 cm³/mol. The summed E-state index contributed by atoms with van der Waals surface area (Å²) in [5, 5.41) is 19.0. The molecule has 0 bridgehead atoms. The molecule has 2 unspecified atom stereocenters. The van der Waals surface area contributed by atoms with Gasteiger partial charge in [0.2, 0.25) is 5.91 Å². The predicted octanol–water partition coefficient (Wildman–Crippen LogP) is 4.23. The number of carboxylic acids is 1. The fourth-order valence-electron chi connectivity index (χ4n) is 4.84. The second-order valence-corrected chi connectivity index (χ2v) is 10.1. The molecule has 204 valence electrons. The van der Waals surface area contributed by atoms with E-state index in [2.05, 4.69) is 28.1 Å². The van der Waals surface area contributed by atoms with Gasteiger partial charge >= 0.3 is 5.97 Å². The van der Waals surface area contributed by atoms with Crippen molar-refractivity contribution in [2.24, 2.45) is 0 Å². The van der Waals surface area contributed by atoms with Crippen LogP contribution >= 0.6 is 0 Å². The average molecular weight is 530 g/mol. The molecule has 4 N–H and O–H groups in total. The van der Waals surface area contributed by atoms with Crippen LogP contribution in [-0.4, -0.2) is 42.7 Å². The van der Waals surface area contributed by atoms with Crippen molar-refractivity contribution in [3.8, 4) is 5.75 Å². The van der Waals surface area contributed by atoms with Crippen LogP contribution in [0.5, 0.6) is 5.75 Å². The molecule has 8 nitrogen and oxygen atoms in total. The number of nitrogens with one attached hydrogen (secondary N) is 3. The van der Waals surface area contributed by atoms with Gasteiger partial charge < -0.3 is 30.2 Å². The number of amides is 1. The van der Waals surface area contributed by atoms with Crippen LogP contribution in [-0.2, 0) is 22.4 Å². The van der Waals surface area contributed by atoms with Gasteiger partial charge in [-0.1, -0.05) is 42.5 Å². The van der Waals surface area contributed by atoms with Gasteiger partial charge in [-0.25, -0.2) is 4.79 Å². The molecule has 1 aliphatic heterocycles. The van der Waals surface area contributed by atoms with E-state index in [1.54, 1.807) is 12.5 Å². The maximum Gasteiger partial charge on any atom is 0.341 e. The molecular weight excluding hydrogens is 494 g/mol. The molecule has 1 saturated heterocycles. The number of ether oxygens (including phenoxy) is 1. The van der Waals surface area contributed by atoms with Crippen molar-refractivity contribution in [3.63, 3.8) is 0 Å². The fraction of sp³-hybridized carbons (Fsp3) is 0.355. The summed E-state index contributed by atoms with van der Waals surface area (Å²) in [6.45, 7) is 1.01. The van der Waals surface area contributed by atoms with E-state index < -0.39 is 18.6 Å². The third kappa shape index (κ3) is 7.29. The molecule has 2 aliphatic rings. The SMILES string of the molecule is O=C(O)COc1ccc(CC(NC(=C2CCC2)c2ccoc2)C(=O)NCCCc2ccccc2)cc1C1CN1. The maximum absolute atomic E-state index is 13.5. The first-order valence-corrected chi connectivity index (χ1v) is 13.6. The number of rotatable bonds is 14.